The topological polar surface area (TPSA) is 38.0 Å². The lowest BCUT2D eigenvalue weighted by atomic mass is 9.93. The Hall–Kier alpha value is -0.860. The van der Waals surface area contributed by atoms with E-state index in [1.54, 1.807) is 0 Å². The third kappa shape index (κ3) is 1.68. The minimum atomic E-state index is 0.539. The maximum atomic E-state index is 5.68. The van der Waals surface area contributed by atoms with Crippen LogP contribution in [0.3, 0.4) is 0 Å². The fraction of sp³-hybridized carbons (Fsp3) is 0.538. The molecule has 1 atom stereocenters. The van der Waals surface area contributed by atoms with E-state index in [0.717, 1.165) is 11.8 Å². The van der Waals surface area contributed by atoms with E-state index in [-0.39, 0.29) is 0 Å². The highest BCUT2D eigenvalue weighted by atomic mass is 15.2. The molecule has 15 heavy (non-hydrogen) atoms. The van der Waals surface area contributed by atoms with Crippen molar-refractivity contribution in [1.82, 2.24) is 5.43 Å². The van der Waals surface area contributed by atoms with E-state index < -0.39 is 0 Å². The Morgan fingerprint density at radius 1 is 1.07 bits per heavy atom. The molecule has 0 heterocycles. The molecule has 2 aliphatic rings. The third-order valence-corrected chi connectivity index (χ3v) is 3.91. The number of hydrazine groups is 1. The van der Waals surface area contributed by atoms with Gasteiger partial charge in [0.05, 0.1) is 0 Å². The van der Waals surface area contributed by atoms with Gasteiger partial charge in [-0.15, -0.1) is 0 Å². The number of hydrogen-bond donors (Lipinski definition) is 2. The summed E-state index contributed by atoms with van der Waals surface area (Å²) in [6.07, 6.45) is 5.15. The molecule has 3 N–H and O–H groups in total. The van der Waals surface area contributed by atoms with Crippen molar-refractivity contribution in [3.05, 3.63) is 35.4 Å². The summed E-state index contributed by atoms with van der Waals surface area (Å²) in [6.45, 7) is 0. The molecule has 1 aromatic carbocycles. The Balaban J connectivity index is 1.77. The quantitative estimate of drug-likeness (QED) is 0.577. The van der Waals surface area contributed by atoms with E-state index in [0.29, 0.717) is 6.04 Å². The van der Waals surface area contributed by atoms with E-state index in [1.165, 1.54) is 36.8 Å². The molecule has 1 saturated carbocycles. The van der Waals surface area contributed by atoms with E-state index in [2.05, 4.69) is 29.7 Å². The summed E-state index contributed by atoms with van der Waals surface area (Å²) in [7, 11) is 0. The molecule has 0 aliphatic heterocycles. The molecule has 0 amide bonds. The zero-order chi connectivity index (χ0) is 10.3. The maximum Gasteiger partial charge on any atom is 0.0273 e. The average Bonchev–Trinajstić information content (AvgIpc) is 2.99. The highest BCUT2D eigenvalue weighted by molar-refractivity contribution is 5.32. The van der Waals surface area contributed by atoms with Crippen LogP contribution in [0.15, 0.2) is 24.3 Å². The summed E-state index contributed by atoms with van der Waals surface area (Å²) in [6, 6.07) is 9.34. The lowest BCUT2D eigenvalue weighted by Gasteiger charge is -2.22. The molecule has 80 valence electrons. The van der Waals surface area contributed by atoms with Crippen LogP contribution < -0.4 is 11.3 Å². The molecule has 2 nitrogen and oxygen atoms in total. The highest BCUT2D eigenvalue weighted by Crippen LogP contribution is 2.40. The van der Waals surface area contributed by atoms with Crippen LogP contribution in [0.4, 0.5) is 0 Å². The fourth-order valence-corrected chi connectivity index (χ4v) is 2.96. The van der Waals surface area contributed by atoms with Gasteiger partial charge in [0.1, 0.15) is 0 Å². The molecular weight excluding hydrogens is 184 g/mol. The zero-order valence-electron chi connectivity index (χ0n) is 8.95. The van der Waals surface area contributed by atoms with Gasteiger partial charge >= 0.3 is 0 Å². The Kier molecular flexibility index (Phi) is 2.26. The third-order valence-electron chi connectivity index (χ3n) is 3.91. The summed E-state index contributed by atoms with van der Waals surface area (Å²) in [5, 5.41) is 0. The molecule has 3 rings (SSSR count). The molecule has 0 aromatic heterocycles. The first-order valence-corrected chi connectivity index (χ1v) is 5.91. The summed E-state index contributed by atoms with van der Waals surface area (Å²) in [5.41, 5.74) is 6.10. The highest BCUT2D eigenvalue weighted by Gasteiger charge is 2.38. The molecular formula is C13H18N2. The standard InChI is InChI=1S/C13H18N2/c14-15-13(9-5-6-9)12-7-10-3-1-2-4-11(10)8-12/h1-4,9,12-13,15H,5-8,14H2. The van der Waals surface area contributed by atoms with Gasteiger partial charge in [-0.2, -0.15) is 0 Å². The first-order valence-electron chi connectivity index (χ1n) is 5.91. The number of nitrogens with one attached hydrogen (secondary N) is 1. The van der Waals surface area contributed by atoms with E-state index in [4.69, 9.17) is 5.84 Å². The smallest absolute Gasteiger partial charge is 0.0273 e. The number of fused-ring (bicyclic) bond motifs is 1. The van der Waals surface area contributed by atoms with Gasteiger partial charge in [0.2, 0.25) is 0 Å². The number of benzene rings is 1. The van der Waals surface area contributed by atoms with E-state index in [1.807, 2.05) is 0 Å². The summed E-state index contributed by atoms with van der Waals surface area (Å²) >= 11 is 0. The minimum Gasteiger partial charge on any atom is -0.271 e. The molecule has 1 aromatic rings. The normalized spacial score (nSPS) is 22.7. The van der Waals surface area contributed by atoms with Crippen LogP contribution in [-0.4, -0.2) is 6.04 Å². The van der Waals surface area contributed by atoms with Gasteiger partial charge in [-0.25, -0.2) is 0 Å². The Morgan fingerprint density at radius 3 is 2.13 bits per heavy atom. The molecule has 1 fully saturated rings. The largest absolute Gasteiger partial charge is 0.271 e. The Morgan fingerprint density at radius 2 is 1.67 bits per heavy atom. The fourth-order valence-electron chi connectivity index (χ4n) is 2.96. The maximum absolute atomic E-state index is 5.68. The van der Waals surface area contributed by atoms with Crippen LogP contribution in [0.2, 0.25) is 0 Å². The van der Waals surface area contributed by atoms with Crippen molar-refractivity contribution in [2.75, 3.05) is 0 Å². The summed E-state index contributed by atoms with van der Waals surface area (Å²) in [4.78, 5) is 0. The van der Waals surface area contributed by atoms with Crippen LogP contribution in [0.25, 0.3) is 0 Å². The molecule has 0 saturated heterocycles. The predicted molar refractivity (Wildman–Crippen MR) is 61.2 cm³/mol. The van der Waals surface area contributed by atoms with Crippen molar-refractivity contribution in [2.24, 2.45) is 17.7 Å². The monoisotopic (exact) mass is 202 g/mol. The molecule has 2 aliphatic carbocycles. The van der Waals surface area contributed by atoms with Crippen LogP contribution in [0.1, 0.15) is 24.0 Å². The second-order valence-corrected chi connectivity index (χ2v) is 4.97. The lowest BCUT2D eigenvalue weighted by Crippen LogP contribution is -2.42. The molecule has 2 heteroatoms. The van der Waals surface area contributed by atoms with Crippen LogP contribution >= 0.6 is 0 Å². The van der Waals surface area contributed by atoms with Crippen molar-refractivity contribution >= 4 is 0 Å². The first kappa shape index (κ1) is 9.37. The average molecular weight is 202 g/mol. The number of hydrogen-bond acceptors (Lipinski definition) is 2. The van der Waals surface area contributed by atoms with Crippen LogP contribution in [0.5, 0.6) is 0 Å². The number of nitrogens with two attached hydrogens (primary N) is 1. The molecule has 0 spiro atoms. The summed E-state index contributed by atoms with van der Waals surface area (Å²) in [5.74, 6) is 7.24. The molecule has 1 unspecified atom stereocenters. The van der Waals surface area contributed by atoms with Crippen molar-refractivity contribution in [1.29, 1.82) is 0 Å². The van der Waals surface area contributed by atoms with Gasteiger partial charge in [0.15, 0.2) is 0 Å². The molecule has 0 bridgehead atoms. The van der Waals surface area contributed by atoms with Crippen molar-refractivity contribution in [2.45, 2.75) is 31.7 Å². The van der Waals surface area contributed by atoms with Gasteiger partial charge in [-0.3, -0.25) is 11.3 Å². The Bertz CT molecular complexity index is 332. The lowest BCUT2D eigenvalue weighted by molar-refractivity contribution is 0.334. The predicted octanol–water partition coefficient (Wildman–Crippen LogP) is 1.64. The van der Waals surface area contributed by atoms with Gasteiger partial charge in [0.25, 0.3) is 0 Å². The van der Waals surface area contributed by atoms with Crippen LogP contribution in [0, 0.1) is 11.8 Å². The van der Waals surface area contributed by atoms with Crippen molar-refractivity contribution in [3.63, 3.8) is 0 Å². The van der Waals surface area contributed by atoms with Gasteiger partial charge in [-0.05, 0) is 48.6 Å². The minimum absolute atomic E-state index is 0.539. The van der Waals surface area contributed by atoms with Gasteiger partial charge in [-0.1, -0.05) is 24.3 Å². The van der Waals surface area contributed by atoms with Crippen molar-refractivity contribution in [3.8, 4) is 0 Å². The van der Waals surface area contributed by atoms with Crippen LogP contribution in [-0.2, 0) is 12.8 Å². The SMILES string of the molecule is NNC(C1CC1)C1Cc2ccccc2C1. The van der Waals surface area contributed by atoms with E-state index >= 15 is 0 Å². The number of rotatable bonds is 3. The van der Waals surface area contributed by atoms with Gasteiger partial charge < -0.3 is 0 Å². The summed E-state index contributed by atoms with van der Waals surface area (Å²) < 4.78 is 0. The van der Waals surface area contributed by atoms with Crippen molar-refractivity contribution < 1.29 is 0 Å². The Labute approximate surface area is 90.8 Å². The first-order chi connectivity index (χ1) is 7.38. The molecule has 0 radical (unpaired) electrons. The second kappa shape index (κ2) is 3.62. The van der Waals surface area contributed by atoms with Gasteiger partial charge in [0, 0.05) is 6.04 Å². The van der Waals surface area contributed by atoms with E-state index in [9.17, 15) is 0 Å². The second-order valence-electron chi connectivity index (χ2n) is 4.97. The zero-order valence-corrected chi connectivity index (χ0v) is 8.95.